The van der Waals surface area contributed by atoms with Crippen LogP contribution in [0.5, 0.6) is 0 Å². The fraction of sp³-hybridized carbons (Fsp3) is 0.500. The van der Waals surface area contributed by atoms with Gasteiger partial charge in [-0.3, -0.25) is 4.79 Å². The zero-order valence-corrected chi connectivity index (χ0v) is 13.8. The van der Waals surface area contributed by atoms with Crippen LogP contribution in [0.1, 0.15) is 41.5 Å². The number of thiazole rings is 1. The fourth-order valence-electron chi connectivity index (χ4n) is 1.85. The summed E-state index contributed by atoms with van der Waals surface area (Å²) in [7, 11) is 0. The Bertz CT molecular complexity index is 441. The van der Waals surface area contributed by atoms with Crippen LogP contribution in [-0.2, 0) is 0 Å². The molecule has 1 atom stereocenters. The molecule has 0 spiro atoms. The molecule has 1 aliphatic heterocycles. The van der Waals surface area contributed by atoms with Gasteiger partial charge in [-0.15, -0.1) is 11.3 Å². The maximum atomic E-state index is 12.0. The van der Waals surface area contributed by atoms with Crippen molar-refractivity contribution in [2.75, 3.05) is 6.54 Å². The smallest absolute Gasteiger partial charge is 1.00 e. The second-order valence-electron chi connectivity index (χ2n) is 3.83. The van der Waals surface area contributed by atoms with Crippen molar-refractivity contribution >= 4 is 23.2 Å². The van der Waals surface area contributed by atoms with Gasteiger partial charge < -0.3 is 11.4 Å². The molecule has 1 aromatic rings. The van der Waals surface area contributed by atoms with Gasteiger partial charge in [0.25, 0.3) is 5.91 Å². The molecular weight excluding hydrogens is 267 g/mol. The topological polar surface area (TPSA) is 70.5 Å². The minimum absolute atomic E-state index is 0. The second kappa shape index (κ2) is 6.40. The number of hydrogen-bond donors (Lipinski definition) is 1. The Balaban J connectivity index is 0.00000144. The van der Waals surface area contributed by atoms with Gasteiger partial charge in [-0.05, 0) is 19.8 Å². The number of carbonyl (C=O) groups excluding carboxylic acids is 1. The molecule has 0 aliphatic carbocycles. The van der Waals surface area contributed by atoms with E-state index in [0.29, 0.717) is 0 Å². The number of carboxylic acid groups (broad SMARTS) is 1. The molecule has 0 saturated carbocycles. The summed E-state index contributed by atoms with van der Waals surface area (Å²) >= 11 is 0.988. The van der Waals surface area contributed by atoms with E-state index in [1.807, 2.05) is 6.92 Å². The van der Waals surface area contributed by atoms with Crippen LogP contribution < -0.4 is 51.4 Å². The number of likely N-dealkylation sites (tertiary alicyclic amines) is 1. The molecule has 1 aromatic heterocycles. The molecule has 1 N–H and O–H groups in total. The van der Waals surface area contributed by atoms with Gasteiger partial charge in [0.05, 0.1) is 0 Å². The molecule has 1 amide bonds. The van der Waals surface area contributed by atoms with Gasteiger partial charge in [0.15, 0.2) is 0 Å². The van der Waals surface area contributed by atoms with Crippen molar-refractivity contribution in [1.82, 2.24) is 9.88 Å². The van der Waals surface area contributed by atoms with E-state index in [1.54, 1.807) is 4.90 Å². The normalized spacial score (nSPS) is 18.9. The number of aromatic nitrogens is 1. The summed E-state index contributed by atoms with van der Waals surface area (Å²) in [4.78, 5) is 28.2. The molecule has 1 aliphatic rings. The van der Waals surface area contributed by atoms with Crippen molar-refractivity contribution in [3.05, 3.63) is 16.1 Å². The van der Waals surface area contributed by atoms with Gasteiger partial charge in [0, 0.05) is 18.0 Å². The molecule has 2 rings (SSSR count). The van der Waals surface area contributed by atoms with E-state index in [9.17, 15) is 9.59 Å². The molecule has 7 heteroatoms. The molecule has 1 fully saturated rings. The zero-order chi connectivity index (χ0) is 11.7. The molecule has 2 heterocycles. The Hall–Kier alpha value is 0.206. The first kappa shape index (κ1) is 15.3. The van der Waals surface area contributed by atoms with Crippen LogP contribution in [-0.4, -0.2) is 39.5 Å². The van der Waals surface area contributed by atoms with E-state index in [2.05, 4.69) is 4.98 Å². The van der Waals surface area contributed by atoms with Crippen LogP contribution in [0, 0.1) is 0 Å². The number of carbonyl (C=O) groups is 2. The molecule has 0 aromatic carbocycles. The van der Waals surface area contributed by atoms with Crippen LogP contribution in [0.15, 0.2) is 5.38 Å². The average Bonchev–Trinajstić information content (AvgIpc) is 2.84. The standard InChI is InChI=1S/C10H12N2O3S.K.H/c1-6-3-2-4-12(6)9(13)7-5-16-8(11-7)10(14)15;;/h5-6H,2-4H2,1H3,(H,14,15);;/q;+1;-1. The van der Waals surface area contributed by atoms with Crippen molar-refractivity contribution < 1.29 is 67.5 Å². The Morgan fingerprint density at radius 2 is 2.35 bits per heavy atom. The second-order valence-corrected chi connectivity index (χ2v) is 4.69. The zero-order valence-electron chi connectivity index (χ0n) is 10.8. The van der Waals surface area contributed by atoms with E-state index in [1.165, 1.54) is 5.38 Å². The Morgan fingerprint density at radius 3 is 2.82 bits per heavy atom. The van der Waals surface area contributed by atoms with E-state index in [-0.39, 0.29) is 75.5 Å². The van der Waals surface area contributed by atoms with Crippen molar-refractivity contribution in [3.63, 3.8) is 0 Å². The summed E-state index contributed by atoms with van der Waals surface area (Å²) < 4.78 is 0. The van der Waals surface area contributed by atoms with Crippen molar-refractivity contribution in [2.24, 2.45) is 0 Å². The number of aromatic carboxylic acids is 1. The Labute approximate surface area is 147 Å². The first-order chi connectivity index (χ1) is 7.59. The fourth-order valence-corrected chi connectivity index (χ4v) is 2.48. The predicted molar refractivity (Wildman–Crippen MR) is 59.9 cm³/mol. The van der Waals surface area contributed by atoms with Crippen LogP contribution in [0.4, 0.5) is 0 Å². The van der Waals surface area contributed by atoms with Gasteiger partial charge in [0.2, 0.25) is 5.01 Å². The maximum Gasteiger partial charge on any atom is 1.00 e. The molecule has 88 valence electrons. The molecule has 0 radical (unpaired) electrons. The Kier molecular flexibility index (Phi) is 5.74. The van der Waals surface area contributed by atoms with Gasteiger partial charge >= 0.3 is 57.4 Å². The van der Waals surface area contributed by atoms with Gasteiger partial charge in [-0.1, -0.05) is 0 Å². The third-order valence-electron chi connectivity index (χ3n) is 2.72. The number of nitrogens with zero attached hydrogens (tertiary/aromatic N) is 2. The summed E-state index contributed by atoms with van der Waals surface area (Å²) in [6, 6.07) is 0.225. The Morgan fingerprint density at radius 1 is 1.65 bits per heavy atom. The third-order valence-corrected chi connectivity index (χ3v) is 3.55. The quantitative estimate of drug-likeness (QED) is 0.675. The number of rotatable bonds is 2. The molecule has 5 nitrogen and oxygen atoms in total. The molecule has 1 unspecified atom stereocenters. The van der Waals surface area contributed by atoms with E-state index < -0.39 is 5.97 Å². The first-order valence-corrected chi connectivity index (χ1v) is 5.97. The first-order valence-electron chi connectivity index (χ1n) is 5.09. The van der Waals surface area contributed by atoms with Crippen molar-refractivity contribution in [2.45, 2.75) is 25.8 Å². The predicted octanol–water partition coefficient (Wildman–Crippen LogP) is -1.42. The monoisotopic (exact) mass is 280 g/mol. The number of hydrogen-bond acceptors (Lipinski definition) is 4. The summed E-state index contributed by atoms with van der Waals surface area (Å²) in [6.45, 7) is 2.73. The average molecular weight is 280 g/mol. The number of carboxylic acids is 1. The SMILES string of the molecule is CC1CCCN1C(=O)c1csc(C(=O)O)n1.[H-].[K+]. The molecular formula is C10H13KN2O3S. The summed E-state index contributed by atoms with van der Waals surface area (Å²) in [6.07, 6.45) is 2.00. The van der Waals surface area contributed by atoms with E-state index >= 15 is 0 Å². The number of amides is 1. The molecule has 0 bridgehead atoms. The van der Waals surface area contributed by atoms with Crippen molar-refractivity contribution in [1.29, 1.82) is 0 Å². The van der Waals surface area contributed by atoms with Crippen LogP contribution in [0.3, 0.4) is 0 Å². The van der Waals surface area contributed by atoms with Gasteiger partial charge in [0.1, 0.15) is 5.69 Å². The molecule has 17 heavy (non-hydrogen) atoms. The van der Waals surface area contributed by atoms with E-state index in [0.717, 1.165) is 30.7 Å². The van der Waals surface area contributed by atoms with E-state index in [4.69, 9.17) is 5.11 Å². The maximum absolute atomic E-state index is 12.0. The summed E-state index contributed by atoms with van der Waals surface area (Å²) in [5.41, 5.74) is 0.246. The third kappa shape index (κ3) is 3.36. The van der Waals surface area contributed by atoms with Gasteiger partial charge in [-0.25, -0.2) is 9.78 Å². The molecule has 1 saturated heterocycles. The van der Waals surface area contributed by atoms with Crippen LogP contribution in [0.25, 0.3) is 0 Å². The minimum Gasteiger partial charge on any atom is -1.00 e. The summed E-state index contributed by atoms with van der Waals surface area (Å²) in [5, 5.41) is 10.2. The largest absolute Gasteiger partial charge is 1.00 e. The van der Waals surface area contributed by atoms with Crippen LogP contribution >= 0.6 is 11.3 Å². The van der Waals surface area contributed by atoms with Crippen molar-refractivity contribution in [3.8, 4) is 0 Å². The summed E-state index contributed by atoms with van der Waals surface area (Å²) in [5.74, 6) is -1.24. The van der Waals surface area contributed by atoms with Gasteiger partial charge in [-0.2, -0.15) is 0 Å². The van der Waals surface area contributed by atoms with Crippen LogP contribution in [0.2, 0.25) is 0 Å². The minimum atomic E-state index is -1.08.